The molecule has 1 aromatic heterocycles. The molecule has 0 aliphatic heterocycles. The second kappa shape index (κ2) is 5.89. The first-order valence-corrected chi connectivity index (χ1v) is 6.52. The molecule has 0 aliphatic rings. The molecule has 0 bridgehead atoms. The number of hydrogen-bond donors (Lipinski definition) is 1. The molecule has 19 heavy (non-hydrogen) atoms. The third kappa shape index (κ3) is 3.58. The van der Waals surface area contributed by atoms with Crippen LogP contribution in [0.1, 0.15) is 29.7 Å². The summed E-state index contributed by atoms with van der Waals surface area (Å²) in [6.07, 6.45) is 4.72. The predicted octanol–water partition coefficient (Wildman–Crippen LogP) is 2.37. The molecule has 1 atom stereocenters. The third-order valence-corrected chi connectivity index (χ3v) is 3.06. The molecule has 0 amide bonds. The summed E-state index contributed by atoms with van der Waals surface area (Å²) in [5, 5.41) is 4.14. The zero-order valence-corrected chi connectivity index (χ0v) is 11.8. The summed E-state index contributed by atoms with van der Waals surface area (Å²) in [6, 6.07) is 6.11. The number of hydrogen-bond acceptors (Lipinski definition) is 3. The minimum Gasteiger partial charge on any atom is -0.493 e. The van der Waals surface area contributed by atoms with Crippen molar-refractivity contribution in [3.05, 3.63) is 47.3 Å². The Bertz CT molecular complexity index is 546. The summed E-state index contributed by atoms with van der Waals surface area (Å²) in [7, 11) is 1.92. The van der Waals surface area contributed by atoms with E-state index in [2.05, 4.69) is 18.1 Å². The summed E-state index contributed by atoms with van der Waals surface area (Å²) in [5.41, 5.74) is 9.42. The van der Waals surface area contributed by atoms with Crippen molar-refractivity contribution in [2.45, 2.75) is 26.3 Å². The van der Waals surface area contributed by atoms with Crippen LogP contribution in [0.4, 0.5) is 0 Å². The van der Waals surface area contributed by atoms with E-state index in [-0.39, 0.29) is 6.04 Å². The van der Waals surface area contributed by atoms with Crippen LogP contribution in [0.5, 0.6) is 5.75 Å². The normalized spacial score (nSPS) is 12.4. The Kier molecular flexibility index (Phi) is 4.22. The molecular formula is C15H21N3O. The van der Waals surface area contributed by atoms with Gasteiger partial charge in [0.05, 0.1) is 12.8 Å². The van der Waals surface area contributed by atoms with Crippen molar-refractivity contribution < 1.29 is 4.74 Å². The van der Waals surface area contributed by atoms with Crippen LogP contribution in [0.25, 0.3) is 0 Å². The van der Waals surface area contributed by atoms with E-state index in [9.17, 15) is 0 Å². The highest BCUT2D eigenvalue weighted by Crippen LogP contribution is 2.25. The Hall–Kier alpha value is -1.81. The van der Waals surface area contributed by atoms with Gasteiger partial charge in [-0.15, -0.1) is 0 Å². The quantitative estimate of drug-likeness (QED) is 0.897. The Balaban J connectivity index is 1.99. The SMILES string of the molecule is Cc1ccc(OCCc2cnn(C)c2)c([C@@H](C)N)c1. The smallest absolute Gasteiger partial charge is 0.124 e. The van der Waals surface area contributed by atoms with Crippen molar-refractivity contribution in [1.82, 2.24) is 9.78 Å². The minimum absolute atomic E-state index is 0.0201. The number of aryl methyl sites for hydroxylation is 2. The van der Waals surface area contributed by atoms with Gasteiger partial charge in [-0.25, -0.2) is 0 Å². The molecule has 2 rings (SSSR count). The van der Waals surface area contributed by atoms with E-state index in [1.54, 1.807) is 4.68 Å². The minimum atomic E-state index is -0.0201. The van der Waals surface area contributed by atoms with Crippen LogP contribution in [0.2, 0.25) is 0 Å². The fourth-order valence-electron chi connectivity index (χ4n) is 2.03. The maximum absolute atomic E-state index is 5.98. The topological polar surface area (TPSA) is 53.1 Å². The zero-order valence-electron chi connectivity index (χ0n) is 11.8. The van der Waals surface area contributed by atoms with Crippen molar-refractivity contribution in [3.63, 3.8) is 0 Å². The van der Waals surface area contributed by atoms with Gasteiger partial charge in [0, 0.05) is 31.3 Å². The average molecular weight is 259 g/mol. The molecule has 102 valence electrons. The van der Waals surface area contributed by atoms with Crippen LogP contribution in [0, 0.1) is 6.92 Å². The Morgan fingerprint density at radius 3 is 2.84 bits per heavy atom. The lowest BCUT2D eigenvalue weighted by atomic mass is 10.1. The summed E-state index contributed by atoms with van der Waals surface area (Å²) in [4.78, 5) is 0. The summed E-state index contributed by atoms with van der Waals surface area (Å²) < 4.78 is 7.65. The molecule has 2 aromatic rings. The molecule has 0 spiro atoms. The molecule has 0 saturated carbocycles. The molecule has 2 N–H and O–H groups in total. The van der Waals surface area contributed by atoms with Gasteiger partial charge in [0.2, 0.25) is 0 Å². The fraction of sp³-hybridized carbons (Fsp3) is 0.400. The van der Waals surface area contributed by atoms with Gasteiger partial charge < -0.3 is 10.5 Å². The van der Waals surface area contributed by atoms with Gasteiger partial charge in [0.25, 0.3) is 0 Å². The molecular weight excluding hydrogens is 238 g/mol. The van der Waals surface area contributed by atoms with E-state index in [4.69, 9.17) is 10.5 Å². The monoisotopic (exact) mass is 259 g/mol. The number of aromatic nitrogens is 2. The van der Waals surface area contributed by atoms with E-state index in [1.165, 1.54) is 11.1 Å². The molecule has 0 unspecified atom stereocenters. The Labute approximate surface area is 114 Å². The van der Waals surface area contributed by atoms with Crippen LogP contribution >= 0.6 is 0 Å². The third-order valence-electron chi connectivity index (χ3n) is 3.06. The van der Waals surface area contributed by atoms with Gasteiger partial charge in [-0.05, 0) is 25.5 Å². The van der Waals surface area contributed by atoms with Gasteiger partial charge in [-0.1, -0.05) is 17.7 Å². The van der Waals surface area contributed by atoms with E-state index in [0.717, 1.165) is 17.7 Å². The average Bonchev–Trinajstić information content (AvgIpc) is 2.77. The maximum atomic E-state index is 5.98. The van der Waals surface area contributed by atoms with Gasteiger partial charge in [-0.2, -0.15) is 5.10 Å². The van der Waals surface area contributed by atoms with Crippen LogP contribution in [0.3, 0.4) is 0 Å². The second-order valence-electron chi connectivity index (χ2n) is 4.95. The molecule has 0 radical (unpaired) electrons. The number of ether oxygens (including phenoxy) is 1. The number of benzene rings is 1. The number of nitrogens with two attached hydrogens (primary N) is 1. The fourth-order valence-corrected chi connectivity index (χ4v) is 2.03. The lowest BCUT2D eigenvalue weighted by Gasteiger charge is -2.14. The predicted molar refractivity (Wildman–Crippen MR) is 76.2 cm³/mol. The first-order valence-electron chi connectivity index (χ1n) is 6.52. The molecule has 0 saturated heterocycles. The number of nitrogens with zero attached hydrogens (tertiary/aromatic N) is 2. The number of rotatable bonds is 5. The van der Waals surface area contributed by atoms with Crippen molar-refractivity contribution >= 4 is 0 Å². The molecule has 4 nitrogen and oxygen atoms in total. The van der Waals surface area contributed by atoms with Crippen LogP contribution in [0.15, 0.2) is 30.6 Å². The Morgan fingerprint density at radius 1 is 1.42 bits per heavy atom. The van der Waals surface area contributed by atoms with Crippen molar-refractivity contribution in [2.75, 3.05) is 6.61 Å². The highest BCUT2D eigenvalue weighted by atomic mass is 16.5. The van der Waals surface area contributed by atoms with E-state index in [0.29, 0.717) is 6.61 Å². The molecule has 0 aliphatic carbocycles. The van der Waals surface area contributed by atoms with Gasteiger partial charge >= 0.3 is 0 Å². The van der Waals surface area contributed by atoms with Gasteiger partial charge in [0.1, 0.15) is 5.75 Å². The van der Waals surface area contributed by atoms with Crippen LogP contribution in [-0.4, -0.2) is 16.4 Å². The van der Waals surface area contributed by atoms with E-state index >= 15 is 0 Å². The van der Waals surface area contributed by atoms with Crippen LogP contribution < -0.4 is 10.5 Å². The second-order valence-corrected chi connectivity index (χ2v) is 4.95. The molecule has 1 heterocycles. The molecule has 1 aromatic carbocycles. The molecule has 4 heteroatoms. The highest BCUT2D eigenvalue weighted by Gasteiger charge is 2.08. The van der Waals surface area contributed by atoms with E-state index < -0.39 is 0 Å². The zero-order chi connectivity index (χ0) is 13.8. The van der Waals surface area contributed by atoms with Crippen molar-refractivity contribution in [2.24, 2.45) is 12.8 Å². The summed E-state index contributed by atoms with van der Waals surface area (Å²) >= 11 is 0. The van der Waals surface area contributed by atoms with Gasteiger partial charge in [-0.3, -0.25) is 4.68 Å². The lowest BCUT2D eigenvalue weighted by molar-refractivity contribution is 0.317. The van der Waals surface area contributed by atoms with Crippen molar-refractivity contribution in [3.8, 4) is 5.75 Å². The van der Waals surface area contributed by atoms with Gasteiger partial charge in [0.15, 0.2) is 0 Å². The lowest BCUT2D eigenvalue weighted by Crippen LogP contribution is -2.09. The maximum Gasteiger partial charge on any atom is 0.124 e. The summed E-state index contributed by atoms with van der Waals surface area (Å²) in [5.74, 6) is 0.879. The van der Waals surface area contributed by atoms with Crippen molar-refractivity contribution in [1.29, 1.82) is 0 Å². The first kappa shape index (κ1) is 13.6. The summed E-state index contributed by atoms with van der Waals surface area (Å²) in [6.45, 7) is 4.67. The standard InChI is InChI=1S/C15H21N3O/c1-11-4-5-15(14(8-11)12(2)16)19-7-6-13-9-17-18(3)10-13/h4-5,8-10,12H,6-7,16H2,1-3H3/t12-/m1/s1. The van der Waals surface area contributed by atoms with Crippen LogP contribution in [-0.2, 0) is 13.5 Å². The Morgan fingerprint density at radius 2 is 2.21 bits per heavy atom. The molecule has 0 fully saturated rings. The highest BCUT2D eigenvalue weighted by molar-refractivity contribution is 5.38. The first-order chi connectivity index (χ1) is 9.06. The largest absolute Gasteiger partial charge is 0.493 e. The van der Waals surface area contributed by atoms with E-state index in [1.807, 2.05) is 38.5 Å².